The minimum absolute atomic E-state index is 0.946. The van der Waals surface area contributed by atoms with Crippen molar-refractivity contribution in [2.45, 2.75) is 0 Å². The quantitative estimate of drug-likeness (QED) is 0.777. The highest BCUT2D eigenvalue weighted by atomic mass is 32.2. The van der Waals surface area contributed by atoms with Crippen molar-refractivity contribution in [3.05, 3.63) is 67.4 Å². The molecule has 2 heteroatoms. The van der Waals surface area contributed by atoms with Crippen molar-refractivity contribution in [1.29, 1.82) is 0 Å². The predicted octanol–water partition coefficient (Wildman–Crippen LogP) is 4.33. The van der Waals surface area contributed by atoms with Gasteiger partial charge < -0.3 is 5.32 Å². The summed E-state index contributed by atoms with van der Waals surface area (Å²) in [7, 11) is 0. The van der Waals surface area contributed by atoms with Crippen LogP contribution < -0.4 is 5.32 Å². The molecule has 1 N–H and O–H groups in total. The summed E-state index contributed by atoms with van der Waals surface area (Å²) in [6, 6.07) is 9.95. The second-order valence-corrected chi connectivity index (χ2v) is 3.78. The van der Waals surface area contributed by atoms with Crippen molar-refractivity contribution in [2.75, 3.05) is 17.8 Å². The summed E-state index contributed by atoms with van der Waals surface area (Å²) < 4.78 is 0. The van der Waals surface area contributed by atoms with E-state index in [1.807, 2.05) is 48.9 Å². The number of hydrogen-bond acceptors (Lipinski definition) is 2. The highest BCUT2D eigenvalue weighted by Crippen LogP contribution is 2.09. The molecule has 0 aromatic heterocycles. The first-order valence-electron chi connectivity index (χ1n) is 4.95. The van der Waals surface area contributed by atoms with E-state index >= 15 is 0 Å². The van der Waals surface area contributed by atoms with Crippen molar-refractivity contribution in [3.63, 3.8) is 0 Å². The van der Waals surface area contributed by atoms with Crippen LogP contribution in [0.5, 0.6) is 0 Å². The zero-order valence-corrected chi connectivity index (χ0v) is 10.8. The van der Waals surface area contributed by atoms with Gasteiger partial charge in [-0.15, -0.1) is 0 Å². The first kappa shape index (κ1) is 14.6. The normalized spacial score (nSPS) is 9.75. The lowest BCUT2D eigenvalue weighted by Crippen LogP contribution is -1.95. The first-order valence-corrected chi connectivity index (χ1v) is 6.59. The molecule has 0 bridgehead atoms. The van der Waals surface area contributed by atoms with Gasteiger partial charge in [0.2, 0.25) is 0 Å². The van der Waals surface area contributed by atoms with Crippen LogP contribution in [0.3, 0.4) is 0 Å². The number of hydrogen-bond donors (Lipinski definition) is 1. The first-order chi connectivity index (χ1) is 7.78. The highest BCUT2D eigenvalue weighted by molar-refractivity contribution is 7.97. The number of para-hydroxylation sites is 1. The third-order valence-electron chi connectivity index (χ3n) is 1.58. The minimum atomic E-state index is 0.946. The van der Waals surface area contributed by atoms with Crippen LogP contribution in [0, 0.1) is 0 Å². The lowest BCUT2D eigenvalue weighted by Gasteiger charge is -2.05. The molecular weight excluding hydrogens is 214 g/mol. The van der Waals surface area contributed by atoms with Crippen molar-refractivity contribution in [1.82, 2.24) is 0 Å². The lowest BCUT2D eigenvalue weighted by molar-refractivity contribution is 1.48. The largest absolute Gasteiger partial charge is 0.356 e. The smallest absolute Gasteiger partial charge is 0.0384 e. The van der Waals surface area contributed by atoms with E-state index in [4.69, 9.17) is 0 Å². The van der Waals surface area contributed by atoms with E-state index in [2.05, 4.69) is 18.5 Å². The number of nitrogens with one attached hydrogen (secondary N) is 1. The third kappa shape index (κ3) is 6.96. The fourth-order valence-corrected chi connectivity index (χ4v) is 0.976. The maximum atomic E-state index is 3.70. The Morgan fingerprint density at radius 2 is 1.75 bits per heavy atom. The molecule has 16 heavy (non-hydrogen) atoms. The molecule has 1 rings (SSSR count). The van der Waals surface area contributed by atoms with Gasteiger partial charge in [0.25, 0.3) is 0 Å². The molecule has 0 radical (unpaired) electrons. The highest BCUT2D eigenvalue weighted by Gasteiger charge is 1.90. The molecule has 0 unspecified atom stereocenters. The number of benzene rings is 1. The van der Waals surface area contributed by atoms with Gasteiger partial charge in [0, 0.05) is 11.4 Å². The topological polar surface area (TPSA) is 12.0 Å². The SMILES string of the molecule is C=C/C=C(\C=C)Nc1ccccc1.CSC. The van der Waals surface area contributed by atoms with Crippen LogP contribution in [0.4, 0.5) is 5.69 Å². The Kier molecular flexibility index (Phi) is 9.23. The summed E-state index contributed by atoms with van der Waals surface area (Å²) in [4.78, 5) is 0. The Labute approximate surface area is 103 Å². The average Bonchev–Trinajstić information content (AvgIpc) is 2.31. The van der Waals surface area contributed by atoms with Crippen LogP contribution in [-0.4, -0.2) is 12.5 Å². The molecule has 0 spiro atoms. The molecule has 0 saturated carbocycles. The van der Waals surface area contributed by atoms with Gasteiger partial charge in [-0.1, -0.05) is 37.4 Å². The minimum Gasteiger partial charge on any atom is -0.356 e. The molecule has 0 atom stereocenters. The van der Waals surface area contributed by atoms with E-state index in [1.54, 1.807) is 23.9 Å². The zero-order chi connectivity index (χ0) is 12.2. The van der Waals surface area contributed by atoms with Crippen LogP contribution in [-0.2, 0) is 0 Å². The number of anilines is 1. The standard InChI is InChI=1S/C12H13N.C2H6S/c1-3-8-11(4-2)13-12-9-6-5-7-10-12;1-3-2/h3-10,13H,1-2H2;1-2H3/b11-8+;. The maximum Gasteiger partial charge on any atom is 0.0384 e. The van der Waals surface area contributed by atoms with Crippen LogP contribution in [0.2, 0.25) is 0 Å². The van der Waals surface area contributed by atoms with Gasteiger partial charge in [-0.3, -0.25) is 0 Å². The molecule has 0 aliphatic carbocycles. The van der Waals surface area contributed by atoms with E-state index < -0.39 is 0 Å². The lowest BCUT2D eigenvalue weighted by atomic mass is 10.3. The number of thioether (sulfide) groups is 1. The second-order valence-electron chi connectivity index (χ2n) is 2.96. The van der Waals surface area contributed by atoms with Gasteiger partial charge in [-0.25, -0.2) is 0 Å². The Hall–Kier alpha value is -1.41. The van der Waals surface area contributed by atoms with E-state index in [-0.39, 0.29) is 0 Å². The maximum absolute atomic E-state index is 3.70. The average molecular weight is 233 g/mol. The summed E-state index contributed by atoms with van der Waals surface area (Å²) in [5, 5.41) is 3.20. The van der Waals surface area contributed by atoms with E-state index in [0.29, 0.717) is 0 Å². The van der Waals surface area contributed by atoms with Crippen LogP contribution in [0.15, 0.2) is 67.4 Å². The van der Waals surface area contributed by atoms with Crippen LogP contribution in [0.1, 0.15) is 0 Å². The van der Waals surface area contributed by atoms with Crippen LogP contribution in [0.25, 0.3) is 0 Å². The molecule has 1 aromatic rings. The van der Waals surface area contributed by atoms with E-state index in [9.17, 15) is 0 Å². The molecule has 0 aliphatic rings. The predicted molar refractivity (Wildman–Crippen MR) is 78.0 cm³/mol. The Balaban J connectivity index is 0.000000673. The fraction of sp³-hybridized carbons (Fsp3) is 0.143. The summed E-state index contributed by atoms with van der Waals surface area (Å²) in [5.41, 5.74) is 2.00. The molecule has 0 aliphatic heterocycles. The molecular formula is C14H19NS. The summed E-state index contributed by atoms with van der Waals surface area (Å²) in [6.07, 6.45) is 9.45. The monoisotopic (exact) mass is 233 g/mol. The Morgan fingerprint density at radius 3 is 2.19 bits per heavy atom. The summed E-state index contributed by atoms with van der Waals surface area (Å²) >= 11 is 1.75. The number of rotatable bonds is 4. The molecule has 0 heterocycles. The Morgan fingerprint density at radius 1 is 1.19 bits per heavy atom. The van der Waals surface area contributed by atoms with Gasteiger partial charge >= 0.3 is 0 Å². The van der Waals surface area contributed by atoms with Crippen molar-refractivity contribution < 1.29 is 0 Å². The molecule has 1 nitrogen and oxygen atoms in total. The Bertz CT molecular complexity index is 328. The van der Waals surface area contributed by atoms with Gasteiger partial charge in [0.05, 0.1) is 0 Å². The zero-order valence-electron chi connectivity index (χ0n) is 9.94. The molecule has 0 saturated heterocycles. The van der Waals surface area contributed by atoms with Gasteiger partial charge in [0.1, 0.15) is 0 Å². The summed E-state index contributed by atoms with van der Waals surface area (Å²) in [5.74, 6) is 0. The van der Waals surface area contributed by atoms with Gasteiger partial charge in [0.15, 0.2) is 0 Å². The third-order valence-corrected chi connectivity index (χ3v) is 1.58. The van der Waals surface area contributed by atoms with Crippen LogP contribution >= 0.6 is 11.8 Å². The molecule has 86 valence electrons. The summed E-state index contributed by atoms with van der Waals surface area (Å²) in [6.45, 7) is 7.32. The van der Waals surface area contributed by atoms with Crippen molar-refractivity contribution in [3.8, 4) is 0 Å². The molecule has 0 fully saturated rings. The second kappa shape index (κ2) is 10.1. The van der Waals surface area contributed by atoms with E-state index in [0.717, 1.165) is 11.4 Å². The fourth-order valence-electron chi connectivity index (χ4n) is 0.976. The van der Waals surface area contributed by atoms with E-state index in [1.165, 1.54) is 0 Å². The number of allylic oxidation sites excluding steroid dienone is 3. The molecule has 1 aromatic carbocycles. The van der Waals surface area contributed by atoms with Gasteiger partial charge in [-0.2, -0.15) is 11.8 Å². The van der Waals surface area contributed by atoms with Crippen molar-refractivity contribution >= 4 is 17.4 Å². The van der Waals surface area contributed by atoms with Gasteiger partial charge in [-0.05, 0) is 36.8 Å². The van der Waals surface area contributed by atoms with Crippen molar-refractivity contribution in [2.24, 2.45) is 0 Å². The molecule has 0 amide bonds.